The highest BCUT2D eigenvalue weighted by atomic mass is 19.1. The molecule has 2 aromatic rings. The Balaban J connectivity index is 2.58. The van der Waals surface area contributed by atoms with Crippen molar-refractivity contribution < 1.29 is 8.78 Å². The minimum atomic E-state index is -0.529. The van der Waals surface area contributed by atoms with Gasteiger partial charge in [-0.05, 0) is 36.8 Å². The molecule has 0 saturated heterocycles. The molecule has 3 heteroatoms. The first kappa shape index (κ1) is 10.6. The van der Waals surface area contributed by atoms with Gasteiger partial charge >= 0.3 is 0 Å². The van der Waals surface area contributed by atoms with Crippen molar-refractivity contribution in [3.05, 3.63) is 53.6 Å². The van der Waals surface area contributed by atoms with Crippen LogP contribution in [0.1, 0.15) is 5.56 Å². The zero-order chi connectivity index (χ0) is 11.7. The van der Waals surface area contributed by atoms with E-state index in [9.17, 15) is 8.78 Å². The molecule has 0 aliphatic carbocycles. The van der Waals surface area contributed by atoms with E-state index in [4.69, 9.17) is 5.73 Å². The molecule has 0 aromatic heterocycles. The summed E-state index contributed by atoms with van der Waals surface area (Å²) in [6, 6.07) is 9.02. The fraction of sp³-hybridized carbons (Fsp3) is 0.0769. The van der Waals surface area contributed by atoms with Gasteiger partial charge in [0.1, 0.15) is 11.6 Å². The van der Waals surface area contributed by atoms with Gasteiger partial charge in [0.15, 0.2) is 0 Å². The first-order valence-electron chi connectivity index (χ1n) is 4.89. The predicted molar refractivity (Wildman–Crippen MR) is 60.9 cm³/mol. The first-order valence-corrected chi connectivity index (χ1v) is 4.89. The van der Waals surface area contributed by atoms with Gasteiger partial charge in [0.2, 0.25) is 0 Å². The zero-order valence-corrected chi connectivity index (χ0v) is 8.80. The highest BCUT2D eigenvalue weighted by molar-refractivity contribution is 5.67. The molecule has 2 aromatic carbocycles. The number of anilines is 1. The quantitative estimate of drug-likeness (QED) is 0.729. The molecule has 82 valence electrons. The van der Waals surface area contributed by atoms with Gasteiger partial charge in [-0.15, -0.1) is 0 Å². The molecule has 1 nitrogen and oxygen atoms in total. The van der Waals surface area contributed by atoms with Crippen LogP contribution in [0.25, 0.3) is 11.1 Å². The van der Waals surface area contributed by atoms with Crippen LogP contribution in [0.5, 0.6) is 0 Å². The van der Waals surface area contributed by atoms with E-state index in [2.05, 4.69) is 0 Å². The summed E-state index contributed by atoms with van der Waals surface area (Å²) < 4.78 is 26.8. The average Bonchev–Trinajstić information content (AvgIpc) is 2.26. The van der Waals surface area contributed by atoms with Gasteiger partial charge in [0.25, 0.3) is 0 Å². The molecule has 0 saturated carbocycles. The molecule has 0 atom stereocenters. The van der Waals surface area contributed by atoms with E-state index in [0.717, 1.165) is 5.56 Å². The lowest BCUT2D eigenvalue weighted by Crippen LogP contribution is -1.92. The molecule has 2 N–H and O–H groups in total. The molecule has 0 bridgehead atoms. The SMILES string of the molecule is Cc1ccc(F)c(-c2ccc(N)c(F)c2)c1. The standard InChI is InChI=1S/C13H11F2N/c1-8-2-4-11(14)10(6-8)9-3-5-13(16)12(15)7-9/h2-7H,16H2,1H3. The van der Waals surface area contributed by atoms with E-state index in [1.54, 1.807) is 18.2 Å². The number of hydrogen-bond donors (Lipinski definition) is 1. The Morgan fingerprint density at radius 3 is 2.38 bits per heavy atom. The van der Waals surface area contributed by atoms with E-state index in [0.29, 0.717) is 11.1 Å². The van der Waals surface area contributed by atoms with Crippen molar-refractivity contribution in [2.24, 2.45) is 0 Å². The normalized spacial score (nSPS) is 10.4. The van der Waals surface area contributed by atoms with Crippen LogP contribution in [-0.2, 0) is 0 Å². The summed E-state index contributed by atoms with van der Waals surface area (Å²) in [5.74, 6) is -0.895. The minimum absolute atomic E-state index is 0.0665. The van der Waals surface area contributed by atoms with Gasteiger partial charge in [-0.3, -0.25) is 0 Å². The summed E-state index contributed by atoms with van der Waals surface area (Å²) in [5, 5.41) is 0. The second-order valence-corrected chi connectivity index (χ2v) is 3.72. The lowest BCUT2D eigenvalue weighted by molar-refractivity contribution is 0.627. The Labute approximate surface area is 92.5 Å². The van der Waals surface area contributed by atoms with E-state index < -0.39 is 5.82 Å². The van der Waals surface area contributed by atoms with Crippen molar-refractivity contribution in [2.45, 2.75) is 6.92 Å². The maximum absolute atomic E-state index is 13.5. The van der Waals surface area contributed by atoms with Crippen LogP contribution in [-0.4, -0.2) is 0 Å². The number of hydrogen-bond acceptors (Lipinski definition) is 1. The smallest absolute Gasteiger partial charge is 0.146 e. The van der Waals surface area contributed by atoms with E-state index in [-0.39, 0.29) is 11.5 Å². The van der Waals surface area contributed by atoms with Crippen LogP contribution in [0, 0.1) is 18.6 Å². The summed E-state index contributed by atoms with van der Waals surface area (Å²) >= 11 is 0. The molecule has 16 heavy (non-hydrogen) atoms. The van der Waals surface area contributed by atoms with Crippen molar-refractivity contribution in [1.82, 2.24) is 0 Å². The number of benzene rings is 2. The van der Waals surface area contributed by atoms with Gasteiger partial charge in [-0.2, -0.15) is 0 Å². The lowest BCUT2D eigenvalue weighted by atomic mass is 10.0. The van der Waals surface area contributed by atoms with Crippen molar-refractivity contribution in [3.8, 4) is 11.1 Å². The van der Waals surface area contributed by atoms with Crippen LogP contribution in [0.4, 0.5) is 14.5 Å². The van der Waals surface area contributed by atoms with Crippen LogP contribution in [0.3, 0.4) is 0 Å². The summed E-state index contributed by atoms with van der Waals surface area (Å²) in [4.78, 5) is 0. The Hall–Kier alpha value is -1.90. The Morgan fingerprint density at radius 1 is 0.938 bits per heavy atom. The van der Waals surface area contributed by atoms with E-state index in [1.807, 2.05) is 6.92 Å². The van der Waals surface area contributed by atoms with Crippen LogP contribution in [0.15, 0.2) is 36.4 Å². The third kappa shape index (κ3) is 1.89. The highest BCUT2D eigenvalue weighted by Crippen LogP contribution is 2.26. The van der Waals surface area contributed by atoms with Gasteiger partial charge in [0, 0.05) is 5.56 Å². The molecule has 0 unspecified atom stereocenters. The van der Waals surface area contributed by atoms with E-state index in [1.165, 1.54) is 18.2 Å². The van der Waals surface area contributed by atoms with Crippen molar-refractivity contribution in [2.75, 3.05) is 5.73 Å². The Bertz CT molecular complexity index is 535. The third-order valence-corrected chi connectivity index (χ3v) is 2.43. The fourth-order valence-corrected chi connectivity index (χ4v) is 1.56. The number of nitrogen functional groups attached to an aromatic ring is 1. The number of rotatable bonds is 1. The van der Waals surface area contributed by atoms with Gasteiger partial charge in [-0.25, -0.2) is 8.78 Å². The summed E-state index contributed by atoms with van der Waals surface area (Å²) in [6.45, 7) is 1.86. The average molecular weight is 219 g/mol. The predicted octanol–water partition coefficient (Wildman–Crippen LogP) is 3.52. The third-order valence-electron chi connectivity index (χ3n) is 2.43. The largest absolute Gasteiger partial charge is 0.396 e. The molecule has 0 aliphatic heterocycles. The molecular weight excluding hydrogens is 208 g/mol. The Kier molecular flexibility index (Phi) is 2.60. The van der Waals surface area contributed by atoms with Gasteiger partial charge < -0.3 is 5.73 Å². The maximum Gasteiger partial charge on any atom is 0.146 e. The van der Waals surface area contributed by atoms with Crippen molar-refractivity contribution in [1.29, 1.82) is 0 Å². The van der Waals surface area contributed by atoms with Crippen LogP contribution < -0.4 is 5.73 Å². The topological polar surface area (TPSA) is 26.0 Å². The summed E-state index contributed by atoms with van der Waals surface area (Å²) in [7, 11) is 0. The van der Waals surface area contributed by atoms with Crippen molar-refractivity contribution >= 4 is 5.69 Å². The molecule has 0 spiro atoms. The van der Waals surface area contributed by atoms with Crippen LogP contribution in [0.2, 0.25) is 0 Å². The first-order chi connectivity index (χ1) is 7.58. The molecule has 2 rings (SSSR count). The molecule has 0 amide bonds. The van der Waals surface area contributed by atoms with Gasteiger partial charge in [-0.1, -0.05) is 17.7 Å². The number of halogens is 2. The second-order valence-electron chi connectivity index (χ2n) is 3.72. The maximum atomic E-state index is 13.5. The minimum Gasteiger partial charge on any atom is -0.396 e. The molecular formula is C13H11F2N. The summed E-state index contributed by atoms with van der Waals surface area (Å²) in [5.41, 5.74) is 7.24. The number of nitrogens with two attached hydrogens (primary N) is 1. The van der Waals surface area contributed by atoms with Crippen LogP contribution >= 0.6 is 0 Å². The highest BCUT2D eigenvalue weighted by Gasteiger charge is 2.07. The number of aryl methyl sites for hydroxylation is 1. The lowest BCUT2D eigenvalue weighted by Gasteiger charge is -2.06. The molecule has 0 fully saturated rings. The molecule has 0 heterocycles. The zero-order valence-electron chi connectivity index (χ0n) is 8.80. The fourth-order valence-electron chi connectivity index (χ4n) is 1.56. The van der Waals surface area contributed by atoms with Gasteiger partial charge in [0.05, 0.1) is 5.69 Å². The molecule has 0 aliphatic rings. The molecule has 0 radical (unpaired) electrons. The van der Waals surface area contributed by atoms with E-state index >= 15 is 0 Å². The summed E-state index contributed by atoms with van der Waals surface area (Å²) in [6.07, 6.45) is 0. The van der Waals surface area contributed by atoms with Crippen molar-refractivity contribution in [3.63, 3.8) is 0 Å². The Morgan fingerprint density at radius 2 is 1.69 bits per heavy atom. The second kappa shape index (κ2) is 3.93. The monoisotopic (exact) mass is 219 g/mol.